The third kappa shape index (κ3) is 1.78. The molecule has 0 aromatic carbocycles. The Morgan fingerprint density at radius 1 is 1.26 bits per heavy atom. The molecule has 0 radical (unpaired) electrons. The lowest BCUT2D eigenvalue weighted by atomic mass is 9.41. The SMILES string of the molecule is C[C@H]1c2ccoc2C[C@H]2[C@H]1CC[C@@]1(O)[C@@](C)(CO)CCC[C@]21C. The summed E-state index contributed by atoms with van der Waals surface area (Å²) in [6, 6.07) is 2.14. The fourth-order valence-corrected chi connectivity index (χ4v) is 6.61. The molecule has 2 N–H and O–H groups in total. The first-order valence-corrected chi connectivity index (χ1v) is 9.26. The van der Waals surface area contributed by atoms with Gasteiger partial charge in [0.2, 0.25) is 0 Å². The van der Waals surface area contributed by atoms with Crippen molar-refractivity contribution in [2.24, 2.45) is 22.7 Å². The van der Waals surface area contributed by atoms with E-state index in [2.05, 4.69) is 26.8 Å². The zero-order valence-corrected chi connectivity index (χ0v) is 14.6. The minimum atomic E-state index is -0.766. The number of hydrogen-bond donors (Lipinski definition) is 2. The highest BCUT2D eigenvalue weighted by atomic mass is 16.3. The number of aliphatic hydroxyl groups is 2. The average molecular weight is 318 g/mol. The van der Waals surface area contributed by atoms with E-state index in [-0.39, 0.29) is 17.4 Å². The van der Waals surface area contributed by atoms with Gasteiger partial charge in [0.25, 0.3) is 0 Å². The van der Waals surface area contributed by atoms with Crippen LogP contribution in [0.15, 0.2) is 16.7 Å². The van der Waals surface area contributed by atoms with E-state index in [0.717, 1.165) is 44.3 Å². The van der Waals surface area contributed by atoms with Crippen LogP contribution in [0, 0.1) is 22.7 Å². The van der Waals surface area contributed by atoms with Gasteiger partial charge in [-0.1, -0.05) is 27.2 Å². The van der Waals surface area contributed by atoms with E-state index in [1.165, 1.54) is 5.56 Å². The van der Waals surface area contributed by atoms with Gasteiger partial charge in [-0.05, 0) is 55.1 Å². The fraction of sp³-hybridized carbons (Fsp3) is 0.800. The first-order valence-electron chi connectivity index (χ1n) is 9.26. The maximum absolute atomic E-state index is 11.8. The van der Waals surface area contributed by atoms with Crippen LogP contribution >= 0.6 is 0 Å². The molecule has 0 spiro atoms. The molecule has 0 unspecified atom stereocenters. The van der Waals surface area contributed by atoms with Crippen LogP contribution < -0.4 is 0 Å². The number of furan rings is 1. The summed E-state index contributed by atoms with van der Waals surface area (Å²) in [6.07, 6.45) is 7.72. The molecule has 3 aliphatic carbocycles. The Balaban J connectivity index is 1.80. The molecule has 4 rings (SSSR count). The van der Waals surface area contributed by atoms with E-state index in [4.69, 9.17) is 4.42 Å². The summed E-state index contributed by atoms with van der Waals surface area (Å²) in [6.45, 7) is 6.79. The van der Waals surface area contributed by atoms with Crippen molar-refractivity contribution in [3.63, 3.8) is 0 Å². The molecule has 23 heavy (non-hydrogen) atoms. The summed E-state index contributed by atoms with van der Waals surface area (Å²) in [5, 5.41) is 21.9. The highest BCUT2D eigenvalue weighted by Gasteiger charge is 2.66. The third-order valence-electron chi connectivity index (χ3n) is 8.21. The summed E-state index contributed by atoms with van der Waals surface area (Å²) in [4.78, 5) is 0. The normalized spacial score (nSPS) is 49.2. The fourth-order valence-electron chi connectivity index (χ4n) is 6.61. The molecule has 2 fully saturated rings. The summed E-state index contributed by atoms with van der Waals surface area (Å²) in [5.74, 6) is 2.69. The monoisotopic (exact) mass is 318 g/mol. The largest absolute Gasteiger partial charge is 0.469 e. The van der Waals surface area contributed by atoms with Crippen LogP contribution in [0.1, 0.15) is 70.1 Å². The van der Waals surface area contributed by atoms with Crippen LogP contribution in [0.25, 0.3) is 0 Å². The van der Waals surface area contributed by atoms with Gasteiger partial charge in [0.15, 0.2) is 0 Å². The molecule has 2 saturated carbocycles. The predicted octanol–water partition coefficient (Wildman–Crippen LogP) is 3.89. The van der Waals surface area contributed by atoms with Crippen LogP contribution in [0.4, 0.5) is 0 Å². The van der Waals surface area contributed by atoms with Gasteiger partial charge in [-0.3, -0.25) is 0 Å². The molecule has 3 nitrogen and oxygen atoms in total. The second-order valence-electron chi connectivity index (χ2n) is 8.95. The second-order valence-corrected chi connectivity index (χ2v) is 8.95. The molecule has 1 aromatic heterocycles. The Morgan fingerprint density at radius 2 is 2.04 bits per heavy atom. The molecule has 0 amide bonds. The first-order chi connectivity index (χ1) is 10.9. The van der Waals surface area contributed by atoms with Crippen molar-refractivity contribution in [3.8, 4) is 0 Å². The summed E-state index contributed by atoms with van der Waals surface area (Å²) in [7, 11) is 0. The van der Waals surface area contributed by atoms with Crippen molar-refractivity contribution in [1.82, 2.24) is 0 Å². The molecular formula is C20H30O3. The Bertz CT molecular complexity index is 608. The predicted molar refractivity (Wildman–Crippen MR) is 89.1 cm³/mol. The minimum absolute atomic E-state index is 0.0814. The van der Waals surface area contributed by atoms with Gasteiger partial charge >= 0.3 is 0 Å². The molecule has 6 atom stereocenters. The van der Waals surface area contributed by atoms with Crippen molar-refractivity contribution in [2.75, 3.05) is 6.61 Å². The number of rotatable bonds is 1. The minimum Gasteiger partial charge on any atom is -0.469 e. The zero-order chi connectivity index (χ0) is 16.5. The van der Waals surface area contributed by atoms with Gasteiger partial charge in [-0.25, -0.2) is 0 Å². The highest BCUT2D eigenvalue weighted by molar-refractivity contribution is 5.30. The summed E-state index contributed by atoms with van der Waals surface area (Å²) >= 11 is 0. The third-order valence-corrected chi connectivity index (χ3v) is 8.21. The zero-order valence-electron chi connectivity index (χ0n) is 14.6. The van der Waals surface area contributed by atoms with E-state index >= 15 is 0 Å². The molecule has 1 aromatic rings. The Labute approximate surface area is 139 Å². The van der Waals surface area contributed by atoms with Crippen LogP contribution in [-0.2, 0) is 6.42 Å². The lowest BCUT2D eigenvalue weighted by Crippen LogP contribution is -2.68. The van der Waals surface area contributed by atoms with Crippen LogP contribution in [0.5, 0.6) is 0 Å². The molecule has 0 aliphatic heterocycles. The first kappa shape index (κ1) is 15.7. The van der Waals surface area contributed by atoms with Crippen LogP contribution in [-0.4, -0.2) is 22.4 Å². The molecule has 1 heterocycles. The van der Waals surface area contributed by atoms with Crippen molar-refractivity contribution in [2.45, 2.75) is 70.8 Å². The van der Waals surface area contributed by atoms with Crippen molar-refractivity contribution in [3.05, 3.63) is 23.7 Å². The smallest absolute Gasteiger partial charge is 0.107 e. The topological polar surface area (TPSA) is 53.6 Å². The maximum Gasteiger partial charge on any atom is 0.107 e. The van der Waals surface area contributed by atoms with Crippen molar-refractivity contribution in [1.29, 1.82) is 0 Å². The molecular weight excluding hydrogens is 288 g/mol. The average Bonchev–Trinajstić information content (AvgIpc) is 3.00. The maximum atomic E-state index is 11.8. The van der Waals surface area contributed by atoms with Gasteiger partial charge in [-0.15, -0.1) is 0 Å². The van der Waals surface area contributed by atoms with Gasteiger partial charge in [0.05, 0.1) is 18.5 Å². The van der Waals surface area contributed by atoms with E-state index in [1.54, 1.807) is 0 Å². The quantitative estimate of drug-likeness (QED) is 0.826. The number of aliphatic hydroxyl groups excluding tert-OH is 1. The standard InChI is InChI=1S/C20H30O3/c1-13-14-5-9-20(22)18(2,12-21)7-4-8-19(20,3)16(14)11-17-15(13)6-10-23-17/h6,10,13-14,16,21-22H,4-5,7-9,11-12H2,1-3H3/t13-,14+,16+,18-,19-,20-/m1/s1. The summed E-state index contributed by atoms with van der Waals surface area (Å²) < 4.78 is 5.78. The molecule has 128 valence electrons. The summed E-state index contributed by atoms with van der Waals surface area (Å²) in [5.41, 5.74) is 0.0982. The number of hydrogen-bond acceptors (Lipinski definition) is 3. The Kier molecular flexibility index (Phi) is 3.32. The lowest BCUT2D eigenvalue weighted by Gasteiger charge is -2.66. The van der Waals surface area contributed by atoms with E-state index in [9.17, 15) is 10.2 Å². The second kappa shape index (κ2) is 4.86. The van der Waals surface area contributed by atoms with Crippen molar-refractivity contribution >= 4 is 0 Å². The molecule has 3 heteroatoms. The van der Waals surface area contributed by atoms with Gasteiger partial charge in [-0.2, -0.15) is 0 Å². The van der Waals surface area contributed by atoms with Gasteiger partial charge in [0, 0.05) is 17.3 Å². The Hall–Kier alpha value is -0.800. The van der Waals surface area contributed by atoms with Crippen molar-refractivity contribution < 1.29 is 14.6 Å². The van der Waals surface area contributed by atoms with E-state index in [0.29, 0.717) is 17.8 Å². The lowest BCUT2D eigenvalue weighted by molar-refractivity contribution is -0.253. The molecule has 3 aliphatic rings. The van der Waals surface area contributed by atoms with Gasteiger partial charge in [0.1, 0.15) is 5.76 Å². The Morgan fingerprint density at radius 3 is 2.78 bits per heavy atom. The molecule has 0 saturated heterocycles. The number of fused-ring (bicyclic) bond motifs is 4. The highest BCUT2D eigenvalue weighted by Crippen LogP contribution is 2.66. The van der Waals surface area contributed by atoms with Crippen LogP contribution in [0.3, 0.4) is 0 Å². The molecule has 0 bridgehead atoms. The van der Waals surface area contributed by atoms with Crippen LogP contribution in [0.2, 0.25) is 0 Å². The van der Waals surface area contributed by atoms with E-state index in [1.807, 2.05) is 6.26 Å². The van der Waals surface area contributed by atoms with E-state index < -0.39 is 5.60 Å². The van der Waals surface area contributed by atoms with Gasteiger partial charge < -0.3 is 14.6 Å².